The molecule has 0 amide bonds. The lowest BCUT2D eigenvalue weighted by Crippen LogP contribution is -2.16. The highest BCUT2D eigenvalue weighted by Crippen LogP contribution is 2.32. The minimum atomic E-state index is -0.359. The number of pyridine rings is 1. The average molecular weight is 413 g/mol. The Bertz CT molecular complexity index is 975. The summed E-state index contributed by atoms with van der Waals surface area (Å²) in [4.78, 5) is 17.1. The Morgan fingerprint density at radius 1 is 1.14 bits per heavy atom. The maximum Gasteiger partial charge on any atom is 0.192 e. The third kappa shape index (κ3) is 4.59. The van der Waals surface area contributed by atoms with Crippen LogP contribution in [0.4, 0.5) is 0 Å². The summed E-state index contributed by atoms with van der Waals surface area (Å²) < 4.78 is 12.6. The maximum atomic E-state index is 13.1. The smallest absolute Gasteiger partial charge is 0.192 e. The van der Waals surface area contributed by atoms with E-state index in [9.17, 15) is 4.79 Å². The van der Waals surface area contributed by atoms with Crippen molar-refractivity contribution in [2.75, 3.05) is 14.2 Å². The fourth-order valence-electron chi connectivity index (χ4n) is 2.95. The molecule has 3 rings (SSSR count). The molecule has 0 saturated carbocycles. The van der Waals surface area contributed by atoms with Crippen LogP contribution in [0.3, 0.4) is 0 Å². The van der Waals surface area contributed by atoms with Crippen molar-refractivity contribution in [2.45, 2.75) is 37.2 Å². The summed E-state index contributed by atoms with van der Waals surface area (Å²) in [7, 11) is 3.12. The van der Waals surface area contributed by atoms with Crippen molar-refractivity contribution in [1.29, 1.82) is 0 Å². The van der Waals surface area contributed by atoms with Crippen molar-refractivity contribution in [1.82, 2.24) is 19.7 Å². The summed E-state index contributed by atoms with van der Waals surface area (Å²) in [5.74, 6) is 1.88. The van der Waals surface area contributed by atoms with E-state index in [1.807, 2.05) is 19.1 Å². The second kappa shape index (κ2) is 9.56. The molecule has 2 heterocycles. The number of ketones is 1. The van der Waals surface area contributed by atoms with Crippen molar-refractivity contribution < 1.29 is 14.3 Å². The highest BCUT2D eigenvalue weighted by atomic mass is 32.2. The lowest BCUT2D eigenvalue weighted by molar-refractivity contribution is 0.0991. The number of Topliss-reactive ketones (excluding diaryl/α,β-unsaturated/α-hetero) is 1. The van der Waals surface area contributed by atoms with Gasteiger partial charge in [-0.15, -0.1) is 10.2 Å². The first-order valence-corrected chi connectivity index (χ1v) is 10.2. The van der Waals surface area contributed by atoms with E-state index in [2.05, 4.69) is 26.7 Å². The number of ether oxygens (including phenoxy) is 2. The van der Waals surface area contributed by atoms with E-state index in [0.717, 1.165) is 24.4 Å². The van der Waals surface area contributed by atoms with E-state index < -0.39 is 0 Å². The van der Waals surface area contributed by atoms with Crippen molar-refractivity contribution in [3.63, 3.8) is 0 Å². The molecule has 0 aliphatic heterocycles. The molecular formula is C21H24N4O3S. The van der Waals surface area contributed by atoms with Crippen LogP contribution in [0.25, 0.3) is 11.4 Å². The second-order valence-electron chi connectivity index (χ2n) is 6.38. The van der Waals surface area contributed by atoms with Gasteiger partial charge in [-0.25, -0.2) is 0 Å². The summed E-state index contributed by atoms with van der Waals surface area (Å²) in [6, 6.07) is 9.01. The van der Waals surface area contributed by atoms with Gasteiger partial charge >= 0.3 is 0 Å². The Balaban J connectivity index is 1.86. The first-order chi connectivity index (χ1) is 14.1. The van der Waals surface area contributed by atoms with Crippen LogP contribution >= 0.6 is 11.8 Å². The summed E-state index contributed by atoms with van der Waals surface area (Å²) in [6.07, 6.45) is 4.39. The zero-order chi connectivity index (χ0) is 20.8. The first kappa shape index (κ1) is 20.9. The van der Waals surface area contributed by atoms with Gasteiger partial charge in [-0.2, -0.15) is 0 Å². The molecule has 2 aromatic heterocycles. The van der Waals surface area contributed by atoms with Crippen molar-refractivity contribution in [3.05, 3.63) is 48.3 Å². The third-order valence-electron chi connectivity index (χ3n) is 4.43. The molecule has 29 heavy (non-hydrogen) atoms. The molecule has 0 saturated heterocycles. The number of hydrogen-bond donors (Lipinski definition) is 0. The Labute approximate surface area is 174 Å². The summed E-state index contributed by atoms with van der Waals surface area (Å²) in [6.45, 7) is 4.73. The van der Waals surface area contributed by atoms with Gasteiger partial charge in [0, 0.05) is 30.6 Å². The van der Waals surface area contributed by atoms with Crippen LogP contribution in [0, 0.1) is 0 Å². The summed E-state index contributed by atoms with van der Waals surface area (Å²) in [5, 5.41) is 9.06. The molecule has 1 aromatic carbocycles. The van der Waals surface area contributed by atoms with Crippen LogP contribution < -0.4 is 9.47 Å². The summed E-state index contributed by atoms with van der Waals surface area (Å²) in [5.41, 5.74) is 1.47. The molecule has 0 radical (unpaired) electrons. The standard InChI is InChI=1S/C21H24N4O3S/c1-5-12-25-20(15-8-10-22-11-9-15)23-24-21(25)29-14(2)19(26)17-7-6-16(27-3)13-18(17)28-4/h6-11,13-14H,5,12H2,1-4H3. The zero-order valence-corrected chi connectivity index (χ0v) is 17.8. The molecule has 0 spiro atoms. The number of carbonyl (C=O) groups is 1. The number of methoxy groups -OCH3 is 2. The average Bonchev–Trinajstić information content (AvgIpc) is 3.15. The lowest BCUT2D eigenvalue weighted by atomic mass is 10.1. The lowest BCUT2D eigenvalue weighted by Gasteiger charge is -2.14. The molecule has 3 aromatic rings. The van der Waals surface area contributed by atoms with Crippen LogP contribution in [-0.4, -0.2) is 45.0 Å². The van der Waals surface area contributed by atoms with E-state index in [-0.39, 0.29) is 11.0 Å². The zero-order valence-electron chi connectivity index (χ0n) is 17.0. The number of nitrogens with zero attached hydrogens (tertiary/aromatic N) is 4. The van der Waals surface area contributed by atoms with Gasteiger partial charge in [0.1, 0.15) is 11.5 Å². The van der Waals surface area contributed by atoms with Crippen molar-refractivity contribution in [2.24, 2.45) is 0 Å². The fraction of sp³-hybridized carbons (Fsp3) is 0.333. The second-order valence-corrected chi connectivity index (χ2v) is 7.69. The molecule has 1 unspecified atom stereocenters. The van der Waals surface area contributed by atoms with E-state index in [4.69, 9.17) is 9.47 Å². The largest absolute Gasteiger partial charge is 0.497 e. The SMILES string of the molecule is CCCn1c(SC(C)C(=O)c2ccc(OC)cc2OC)nnc1-c1ccncc1. The van der Waals surface area contributed by atoms with Gasteiger partial charge in [0.2, 0.25) is 0 Å². The van der Waals surface area contributed by atoms with Gasteiger partial charge in [-0.05, 0) is 37.6 Å². The minimum absolute atomic E-state index is 0.0361. The topological polar surface area (TPSA) is 79.1 Å². The van der Waals surface area contributed by atoms with Crippen LogP contribution in [0.5, 0.6) is 11.5 Å². The summed E-state index contributed by atoms with van der Waals surface area (Å²) >= 11 is 1.40. The molecule has 0 aliphatic rings. The molecule has 1 atom stereocenters. The molecule has 152 valence electrons. The van der Waals surface area contributed by atoms with Gasteiger partial charge < -0.3 is 14.0 Å². The highest BCUT2D eigenvalue weighted by molar-refractivity contribution is 8.00. The van der Waals surface area contributed by atoms with Gasteiger partial charge in [0.05, 0.1) is 25.0 Å². The fourth-order valence-corrected chi connectivity index (χ4v) is 3.89. The van der Waals surface area contributed by atoms with Crippen LogP contribution in [0.15, 0.2) is 47.9 Å². The maximum absolute atomic E-state index is 13.1. The van der Waals surface area contributed by atoms with Gasteiger partial charge in [-0.3, -0.25) is 9.78 Å². The Morgan fingerprint density at radius 2 is 1.90 bits per heavy atom. The van der Waals surface area contributed by atoms with E-state index >= 15 is 0 Å². The number of carbonyl (C=O) groups excluding carboxylic acids is 1. The van der Waals surface area contributed by atoms with Gasteiger partial charge in [0.15, 0.2) is 16.8 Å². The number of hydrogen-bond acceptors (Lipinski definition) is 7. The number of aromatic nitrogens is 4. The van der Waals surface area contributed by atoms with Crippen molar-refractivity contribution >= 4 is 17.5 Å². The molecule has 7 nitrogen and oxygen atoms in total. The third-order valence-corrected chi connectivity index (χ3v) is 5.51. The van der Waals surface area contributed by atoms with Gasteiger partial charge in [0.25, 0.3) is 0 Å². The molecule has 8 heteroatoms. The van der Waals surface area contributed by atoms with Crippen LogP contribution in [0.1, 0.15) is 30.6 Å². The molecule has 0 aliphatic carbocycles. The Morgan fingerprint density at radius 3 is 2.55 bits per heavy atom. The number of benzene rings is 1. The monoisotopic (exact) mass is 412 g/mol. The quantitative estimate of drug-likeness (QED) is 0.386. The first-order valence-electron chi connectivity index (χ1n) is 9.35. The molecule has 0 bridgehead atoms. The predicted molar refractivity (Wildman–Crippen MR) is 113 cm³/mol. The van der Waals surface area contributed by atoms with Crippen molar-refractivity contribution in [3.8, 4) is 22.9 Å². The normalized spacial score (nSPS) is 11.9. The van der Waals surface area contributed by atoms with E-state index in [1.54, 1.807) is 44.8 Å². The number of thioether (sulfide) groups is 1. The molecular weight excluding hydrogens is 388 g/mol. The predicted octanol–water partition coefficient (Wildman–Crippen LogP) is 4.13. The Hall–Kier alpha value is -2.87. The van der Waals surface area contributed by atoms with E-state index in [0.29, 0.717) is 22.2 Å². The Kier molecular flexibility index (Phi) is 6.87. The molecule has 0 N–H and O–H groups in total. The minimum Gasteiger partial charge on any atom is -0.497 e. The highest BCUT2D eigenvalue weighted by Gasteiger charge is 2.24. The van der Waals surface area contributed by atoms with Crippen LogP contribution in [0.2, 0.25) is 0 Å². The number of rotatable bonds is 9. The van der Waals surface area contributed by atoms with E-state index in [1.165, 1.54) is 11.8 Å². The van der Waals surface area contributed by atoms with Gasteiger partial charge in [-0.1, -0.05) is 18.7 Å². The molecule has 0 fully saturated rings. The van der Waals surface area contributed by atoms with Crippen LogP contribution in [-0.2, 0) is 6.54 Å².